The van der Waals surface area contributed by atoms with E-state index in [0.717, 1.165) is 18.7 Å². The topological polar surface area (TPSA) is 68.9 Å². The van der Waals surface area contributed by atoms with E-state index in [0.29, 0.717) is 17.5 Å². The summed E-state index contributed by atoms with van der Waals surface area (Å²) >= 11 is 0. The van der Waals surface area contributed by atoms with Gasteiger partial charge in [0, 0.05) is 18.3 Å². The van der Waals surface area contributed by atoms with Crippen LogP contribution in [-0.4, -0.2) is 26.7 Å². The summed E-state index contributed by atoms with van der Waals surface area (Å²) in [5.74, 6) is 1.76. The van der Waals surface area contributed by atoms with E-state index in [2.05, 4.69) is 16.4 Å². The molecule has 0 aromatic heterocycles. The van der Waals surface area contributed by atoms with Crippen LogP contribution in [0.5, 0.6) is 11.5 Å². The Morgan fingerprint density at radius 3 is 2.76 bits per heavy atom. The lowest BCUT2D eigenvalue weighted by Gasteiger charge is -2.11. The van der Waals surface area contributed by atoms with Crippen molar-refractivity contribution in [2.45, 2.75) is 25.7 Å². The molecule has 1 aromatic rings. The Balaban J connectivity index is 1.90. The van der Waals surface area contributed by atoms with Crippen LogP contribution in [-0.2, 0) is 0 Å². The average Bonchev–Trinajstić information content (AvgIpc) is 3.00. The molecule has 0 spiro atoms. The Hall–Kier alpha value is -2.17. The normalized spacial score (nSPS) is 14.8. The molecule has 0 unspecified atom stereocenters. The summed E-state index contributed by atoms with van der Waals surface area (Å²) in [4.78, 5) is 4.35. The highest BCUT2D eigenvalue weighted by molar-refractivity contribution is 5.92. The van der Waals surface area contributed by atoms with E-state index in [1.54, 1.807) is 14.2 Å². The Morgan fingerprint density at radius 1 is 1.29 bits per heavy atom. The van der Waals surface area contributed by atoms with E-state index in [1.165, 1.54) is 24.8 Å². The first kappa shape index (κ1) is 15.2. The SMILES string of the molecule is COc1ccc(NC(N)=NCCC2=CCCC2)cc1OC. The number of hydrogen-bond donors (Lipinski definition) is 2. The number of benzene rings is 1. The van der Waals surface area contributed by atoms with Gasteiger partial charge in [-0.25, -0.2) is 0 Å². The number of hydrogen-bond acceptors (Lipinski definition) is 3. The van der Waals surface area contributed by atoms with E-state index in [4.69, 9.17) is 15.2 Å². The van der Waals surface area contributed by atoms with Crippen molar-refractivity contribution in [2.75, 3.05) is 26.1 Å². The number of nitrogens with two attached hydrogens (primary N) is 1. The third-order valence-corrected chi connectivity index (χ3v) is 3.51. The second kappa shape index (κ2) is 7.57. The molecule has 2 rings (SSSR count). The maximum Gasteiger partial charge on any atom is 0.193 e. The summed E-state index contributed by atoms with van der Waals surface area (Å²) in [5, 5.41) is 3.07. The molecule has 0 atom stereocenters. The summed E-state index contributed by atoms with van der Waals surface area (Å²) in [5.41, 5.74) is 8.23. The number of methoxy groups -OCH3 is 2. The van der Waals surface area contributed by atoms with Crippen molar-refractivity contribution in [1.29, 1.82) is 0 Å². The highest BCUT2D eigenvalue weighted by atomic mass is 16.5. The van der Waals surface area contributed by atoms with Crippen molar-refractivity contribution in [3.63, 3.8) is 0 Å². The van der Waals surface area contributed by atoms with Gasteiger partial charge in [0.15, 0.2) is 17.5 Å². The van der Waals surface area contributed by atoms with Gasteiger partial charge in [-0.2, -0.15) is 0 Å². The summed E-state index contributed by atoms with van der Waals surface area (Å²) < 4.78 is 10.5. The number of rotatable bonds is 6. The predicted molar refractivity (Wildman–Crippen MR) is 86.2 cm³/mol. The van der Waals surface area contributed by atoms with Gasteiger partial charge in [-0.05, 0) is 37.8 Å². The van der Waals surface area contributed by atoms with Gasteiger partial charge < -0.3 is 20.5 Å². The highest BCUT2D eigenvalue weighted by Crippen LogP contribution is 2.29. The Bertz CT molecular complexity index is 538. The lowest BCUT2D eigenvalue weighted by atomic mass is 10.2. The number of anilines is 1. The summed E-state index contributed by atoms with van der Waals surface area (Å²) in [6.45, 7) is 0.720. The van der Waals surface area contributed by atoms with Crippen molar-refractivity contribution in [3.8, 4) is 11.5 Å². The third kappa shape index (κ3) is 4.41. The summed E-state index contributed by atoms with van der Waals surface area (Å²) in [6, 6.07) is 5.54. The first-order chi connectivity index (χ1) is 10.2. The number of ether oxygens (including phenoxy) is 2. The lowest BCUT2D eigenvalue weighted by Crippen LogP contribution is -2.22. The molecular formula is C16H23N3O2. The molecular weight excluding hydrogens is 266 g/mol. The lowest BCUT2D eigenvalue weighted by molar-refractivity contribution is 0.355. The maximum atomic E-state index is 5.90. The number of aliphatic imine (C=N–C) groups is 1. The van der Waals surface area contributed by atoms with Gasteiger partial charge in [-0.15, -0.1) is 0 Å². The van der Waals surface area contributed by atoms with Crippen molar-refractivity contribution in [2.24, 2.45) is 10.7 Å². The fourth-order valence-corrected chi connectivity index (χ4v) is 2.39. The zero-order chi connectivity index (χ0) is 15.1. The highest BCUT2D eigenvalue weighted by Gasteiger charge is 2.06. The molecule has 0 saturated heterocycles. The minimum atomic E-state index is 0.417. The standard InChI is InChI=1S/C16H23N3O2/c1-20-14-8-7-13(11-15(14)21-2)19-16(17)18-10-9-12-5-3-4-6-12/h5,7-8,11H,3-4,6,9-10H2,1-2H3,(H3,17,18,19). The quantitative estimate of drug-likeness (QED) is 0.480. The number of guanidine groups is 1. The molecule has 114 valence electrons. The fourth-order valence-electron chi connectivity index (χ4n) is 2.39. The van der Waals surface area contributed by atoms with E-state index < -0.39 is 0 Å². The second-order valence-electron chi connectivity index (χ2n) is 4.97. The van der Waals surface area contributed by atoms with Crippen LogP contribution in [0.3, 0.4) is 0 Å². The Kier molecular flexibility index (Phi) is 5.49. The Labute approximate surface area is 125 Å². The molecule has 1 aliphatic carbocycles. The van der Waals surface area contributed by atoms with Gasteiger partial charge in [0.1, 0.15) is 0 Å². The largest absolute Gasteiger partial charge is 0.493 e. The van der Waals surface area contributed by atoms with Crippen molar-refractivity contribution >= 4 is 11.6 Å². The summed E-state index contributed by atoms with van der Waals surface area (Å²) in [6.07, 6.45) is 7.00. The minimum absolute atomic E-state index is 0.417. The van der Waals surface area contributed by atoms with Crippen LogP contribution in [0.25, 0.3) is 0 Å². The molecule has 3 N–H and O–H groups in total. The van der Waals surface area contributed by atoms with Gasteiger partial charge in [-0.1, -0.05) is 11.6 Å². The van der Waals surface area contributed by atoms with Crippen LogP contribution in [0.15, 0.2) is 34.8 Å². The molecule has 5 nitrogen and oxygen atoms in total. The fraction of sp³-hybridized carbons (Fsp3) is 0.438. The monoisotopic (exact) mass is 289 g/mol. The molecule has 0 aliphatic heterocycles. The first-order valence-electron chi connectivity index (χ1n) is 7.20. The van der Waals surface area contributed by atoms with Gasteiger partial charge in [-0.3, -0.25) is 4.99 Å². The van der Waals surface area contributed by atoms with E-state index >= 15 is 0 Å². The third-order valence-electron chi connectivity index (χ3n) is 3.51. The smallest absolute Gasteiger partial charge is 0.193 e. The molecule has 0 radical (unpaired) electrons. The van der Waals surface area contributed by atoms with Gasteiger partial charge in [0.25, 0.3) is 0 Å². The van der Waals surface area contributed by atoms with Crippen molar-refractivity contribution in [3.05, 3.63) is 29.8 Å². The minimum Gasteiger partial charge on any atom is -0.493 e. The predicted octanol–water partition coefficient (Wildman–Crippen LogP) is 2.93. The molecule has 0 heterocycles. The summed E-state index contributed by atoms with van der Waals surface area (Å²) in [7, 11) is 3.22. The number of allylic oxidation sites excluding steroid dienone is 1. The van der Waals surface area contributed by atoms with E-state index in [-0.39, 0.29) is 0 Å². The Morgan fingerprint density at radius 2 is 2.10 bits per heavy atom. The molecule has 1 aliphatic rings. The molecule has 1 aromatic carbocycles. The molecule has 0 fully saturated rings. The second-order valence-corrected chi connectivity index (χ2v) is 4.97. The van der Waals surface area contributed by atoms with Crippen LogP contribution in [0.1, 0.15) is 25.7 Å². The van der Waals surface area contributed by atoms with Gasteiger partial charge in [0.2, 0.25) is 0 Å². The van der Waals surface area contributed by atoms with Crippen molar-refractivity contribution < 1.29 is 9.47 Å². The molecule has 0 saturated carbocycles. The molecule has 0 amide bonds. The van der Waals surface area contributed by atoms with Crippen LogP contribution in [0, 0.1) is 0 Å². The average molecular weight is 289 g/mol. The molecule has 5 heteroatoms. The van der Waals surface area contributed by atoms with Crippen LogP contribution in [0.4, 0.5) is 5.69 Å². The van der Waals surface area contributed by atoms with Crippen LogP contribution >= 0.6 is 0 Å². The van der Waals surface area contributed by atoms with Crippen LogP contribution < -0.4 is 20.5 Å². The van der Waals surface area contributed by atoms with E-state index in [1.807, 2.05) is 18.2 Å². The van der Waals surface area contributed by atoms with E-state index in [9.17, 15) is 0 Å². The van der Waals surface area contributed by atoms with Crippen LogP contribution in [0.2, 0.25) is 0 Å². The number of nitrogens with one attached hydrogen (secondary N) is 1. The molecule has 0 bridgehead atoms. The maximum absolute atomic E-state index is 5.90. The van der Waals surface area contributed by atoms with Gasteiger partial charge >= 0.3 is 0 Å². The van der Waals surface area contributed by atoms with Gasteiger partial charge in [0.05, 0.1) is 14.2 Å². The zero-order valence-electron chi connectivity index (χ0n) is 12.7. The molecule has 21 heavy (non-hydrogen) atoms. The number of nitrogens with zero attached hydrogens (tertiary/aromatic N) is 1. The first-order valence-corrected chi connectivity index (χ1v) is 7.20. The zero-order valence-corrected chi connectivity index (χ0v) is 12.7. The van der Waals surface area contributed by atoms with Crippen molar-refractivity contribution in [1.82, 2.24) is 0 Å².